The number of anilines is 2. The lowest BCUT2D eigenvalue weighted by Crippen LogP contribution is -2.27. The number of carbonyl (C=O) groups is 2. The van der Waals surface area contributed by atoms with Crippen molar-refractivity contribution < 1.29 is 9.59 Å². The second-order valence-electron chi connectivity index (χ2n) is 5.77. The first-order valence-corrected chi connectivity index (χ1v) is 7.49. The van der Waals surface area contributed by atoms with Crippen LogP contribution in [0.15, 0.2) is 24.3 Å². The van der Waals surface area contributed by atoms with Crippen LogP contribution in [0.3, 0.4) is 0 Å². The molecule has 0 aromatic heterocycles. The maximum absolute atomic E-state index is 11.9. The highest BCUT2D eigenvalue weighted by molar-refractivity contribution is 5.93. The molecule has 1 heterocycles. The summed E-state index contributed by atoms with van der Waals surface area (Å²) in [4.78, 5) is 23.5. The Morgan fingerprint density at radius 2 is 1.81 bits per heavy atom. The topological polar surface area (TPSA) is 70.2 Å². The van der Waals surface area contributed by atoms with Gasteiger partial charge in [0.15, 0.2) is 0 Å². The molecule has 1 unspecified atom stereocenters. The second-order valence-corrected chi connectivity index (χ2v) is 5.77. The largest absolute Gasteiger partial charge is 0.326 e. The summed E-state index contributed by atoms with van der Waals surface area (Å²) in [5.74, 6) is -0.0456. The summed E-state index contributed by atoms with van der Waals surface area (Å²) >= 11 is 0. The van der Waals surface area contributed by atoms with Crippen molar-refractivity contribution in [3.63, 3.8) is 0 Å². The van der Waals surface area contributed by atoms with Crippen LogP contribution >= 0.6 is 0 Å². The molecule has 5 nitrogen and oxygen atoms in total. The minimum atomic E-state index is -0.0525. The third kappa shape index (κ3) is 4.86. The molecule has 0 bridgehead atoms. The third-order valence-electron chi connectivity index (χ3n) is 3.55. The zero-order valence-electron chi connectivity index (χ0n) is 12.6. The molecule has 1 saturated heterocycles. The lowest BCUT2D eigenvalue weighted by Gasteiger charge is -2.11. The average Bonchev–Trinajstić information content (AvgIpc) is 2.93. The van der Waals surface area contributed by atoms with Gasteiger partial charge in [-0.3, -0.25) is 9.59 Å². The lowest BCUT2D eigenvalue weighted by molar-refractivity contribution is -0.119. The maximum Gasteiger partial charge on any atom is 0.226 e. The van der Waals surface area contributed by atoms with Crippen molar-refractivity contribution >= 4 is 23.2 Å². The van der Waals surface area contributed by atoms with Crippen LogP contribution in [0.2, 0.25) is 0 Å². The first-order valence-electron chi connectivity index (χ1n) is 7.49. The number of hydrogen-bond acceptors (Lipinski definition) is 3. The first kappa shape index (κ1) is 15.5. The summed E-state index contributed by atoms with van der Waals surface area (Å²) in [6.45, 7) is 4.70. The number of hydrogen-bond donors (Lipinski definition) is 3. The molecular formula is C16H23N3O2. The summed E-state index contributed by atoms with van der Waals surface area (Å²) in [5, 5.41) is 9.01. The van der Waals surface area contributed by atoms with Gasteiger partial charge in [0.2, 0.25) is 11.8 Å². The molecule has 2 amide bonds. The van der Waals surface area contributed by atoms with E-state index in [0.29, 0.717) is 12.5 Å². The number of rotatable bonds is 5. The molecule has 21 heavy (non-hydrogen) atoms. The van der Waals surface area contributed by atoms with Crippen LogP contribution in [0.25, 0.3) is 0 Å². The van der Waals surface area contributed by atoms with Crippen LogP contribution in [0.5, 0.6) is 0 Å². The van der Waals surface area contributed by atoms with Crippen LogP contribution in [0.4, 0.5) is 11.4 Å². The van der Waals surface area contributed by atoms with Gasteiger partial charge in [-0.2, -0.15) is 0 Å². The molecule has 0 radical (unpaired) electrons. The van der Waals surface area contributed by atoms with E-state index in [2.05, 4.69) is 16.0 Å². The van der Waals surface area contributed by atoms with Gasteiger partial charge in [-0.05, 0) is 43.7 Å². The standard InChI is InChI=1S/C16H23N3O2/c1-11(2)16(21)19-13-7-5-12(6-8-13)18-15(20)10-14-4-3-9-17-14/h5-8,11,14,17H,3-4,9-10H2,1-2H3,(H,18,20)(H,19,21). The quantitative estimate of drug-likeness (QED) is 0.779. The molecule has 1 atom stereocenters. The summed E-state index contributed by atoms with van der Waals surface area (Å²) in [7, 11) is 0. The van der Waals surface area contributed by atoms with E-state index >= 15 is 0 Å². The van der Waals surface area contributed by atoms with Gasteiger partial charge in [0.1, 0.15) is 0 Å². The van der Waals surface area contributed by atoms with Crippen molar-refractivity contribution in [2.45, 2.75) is 39.2 Å². The van der Waals surface area contributed by atoms with Crippen molar-refractivity contribution in [3.8, 4) is 0 Å². The Morgan fingerprint density at radius 1 is 1.19 bits per heavy atom. The van der Waals surface area contributed by atoms with Gasteiger partial charge < -0.3 is 16.0 Å². The molecule has 2 rings (SSSR count). The maximum atomic E-state index is 11.9. The fourth-order valence-corrected chi connectivity index (χ4v) is 2.29. The number of nitrogens with one attached hydrogen (secondary N) is 3. The Balaban J connectivity index is 1.84. The van der Waals surface area contributed by atoms with Gasteiger partial charge in [-0.25, -0.2) is 0 Å². The molecule has 1 aliphatic heterocycles. The molecule has 1 aromatic carbocycles. The molecule has 3 N–H and O–H groups in total. The second kappa shape index (κ2) is 7.22. The van der Waals surface area contributed by atoms with E-state index < -0.39 is 0 Å². The van der Waals surface area contributed by atoms with Crippen molar-refractivity contribution in [1.29, 1.82) is 0 Å². The Kier molecular flexibility index (Phi) is 5.33. The van der Waals surface area contributed by atoms with E-state index in [1.54, 1.807) is 24.3 Å². The smallest absolute Gasteiger partial charge is 0.226 e. The van der Waals surface area contributed by atoms with Crippen LogP contribution < -0.4 is 16.0 Å². The van der Waals surface area contributed by atoms with Gasteiger partial charge in [-0.1, -0.05) is 13.8 Å². The van der Waals surface area contributed by atoms with E-state index in [4.69, 9.17) is 0 Å². The zero-order chi connectivity index (χ0) is 15.2. The fourth-order valence-electron chi connectivity index (χ4n) is 2.29. The highest BCUT2D eigenvalue weighted by atomic mass is 16.2. The lowest BCUT2D eigenvalue weighted by atomic mass is 10.1. The predicted octanol–water partition coefficient (Wildman–Crippen LogP) is 2.36. The minimum Gasteiger partial charge on any atom is -0.326 e. The number of carbonyl (C=O) groups excluding carboxylic acids is 2. The highest BCUT2D eigenvalue weighted by Gasteiger charge is 2.17. The Bertz CT molecular complexity index is 491. The third-order valence-corrected chi connectivity index (χ3v) is 3.55. The molecule has 0 spiro atoms. The zero-order valence-corrected chi connectivity index (χ0v) is 12.6. The average molecular weight is 289 g/mol. The van der Waals surface area contributed by atoms with Gasteiger partial charge in [0.05, 0.1) is 0 Å². The molecule has 0 saturated carbocycles. The van der Waals surface area contributed by atoms with E-state index in [-0.39, 0.29) is 17.7 Å². The molecule has 1 aliphatic rings. The highest BCUT2D eigenvalue weighted by Crippen LogP contribution is 2.16. The predicted molar refractivity (Wildman–Crippen MR) is 84.2 cm³/mol. The van der Waals surface area contributed by atoms with Crippen LogP contribution in [-0.4, -0.2) is 24.4 Å². The van der Waals surface area contributed by atoms with Gasteiger partial charge in [0.25, 0.3) is 0 Å². The summed E-state index contributed by atoms with van der Waals surface area (Å²) in [5.41, 5.74) is 1.49. The monoisotopic (exact) mass is 289 g/mol. The SMILES string of the molecule is CC(C)C(=O)Nc1ccc(NC(=O)CC2CCCN2)cc1. The van der Waals surface area contributed by atoms with Crippen molar-refractivity contribution in [1.82, 2.24) is 5.32 Å². The number of amides is 2. The molecule has 114 valence electrons. The van der Waals surface area contributed by atoms with Crippen LogP contribution in [0, 0.1) is 5.92 Å². The van der Waals surface area contributed by atoms with E-state index in [0.717, 1.165) is 30.8 Å². The fraction of sp³-hybridized carbons (Fsp3) is 0.500. The molecule has 1 fully saturated rings. The minimum absolute atomic E-state index is 0.0147. The molecule has 5 heteroatoms. The Labute approximate surface area is 125 Å². The molecule has 1 aromatic rings. The normalized spacial score (nSPS) is 17.8. The molecule has 0 aliphatic carbocycles. The van der Waals surface area contributed by atoms with Gasteiger partial charge >= 0.3 is 0 Å². The van der Waals surface area contributed by atoms with Crippen molar-refractivity contribution in [2.24, 2.45) is 5.92 Å². The van der Waals surface area contributed by atoms with Crippen LogP contribution in [0.1, 0.15) is 33.1 Å². The van der Waals surface area contributed by atoms with E-state index in [9.17, 15) is 9.59 Å². The van der Waals surface area contributed by atoms with Crippen molar-refractivity contribution in [3.05, 3.63) is 24.3 Å². The Morgan fingerprint density at radius 3 is 2.33 bits per heavy atom. The summed E-state index contributed by atoms with van der Waals surface area (Å²) in [6, 6.07) is 7.49. The van der Waals surface area contributed by atoms with Crippen LogP contribution in [-0.2, 0) is 9.59 Å². The molecular weight excluding hydrogens is 266 g/mol. The number of benzene rings is 1. The van der Waals surface area contributed by atoms with Crippen molar-refractivity contribution in [2.75, 3.05) is 17.2 Å². The van der Waals surface area contributed by atoms with E-state index in [1.807, 2.05) is 13.8 Å². The Hall–Kier alpha value is -1.88. The summed E-state index contributed by atoms with van der Waals surface area (Å²) < 4.78 is 0. The first-order chi connectivity index (χ1) is 10.0. The summed E-state index contributed by atoms with van der Waals surface area (Å²) in [6.07, 6.45) is 2.71. The van der Waals surface area contributed by atoms with E-state index in [1.165, 1.54) is 0 Å². The van der Waals surface area contributed by atoms with Gasteiger partial charge in [-0.15, -0.1) is 0 Å². The van der Waals surface area contributed by atoms with Gasteiger partial charge in [0, 0.05) is 29.8 Å².